The van der Waals surface area contributed by atoms with E-state index in [1.54, 1.807) is 0 Å². The van der Waals surface area contributed by atoms with Crippen molar-refractivity contribution in [1.82, 2.24) is 4.31 Å². The van der Waals surface area contributed by atoms with Gasteiger partial charge in [0.15, 0.2) is 0 Å². The number of nitrogens with zero attached hydrogens (tertiary/aromatic N) is 1. The fourth-order valence-electron chi connectivity index (χ4n) is 2.94. The SMILES string of the molecule is O=S(=O)(c1cccc(-c2c(Cl)cccc2C(F)(F)F)c1)N1CCCC1. The Bertz CT molecular complexity index is 891. The third kappa shape index (κ3) is 3.54. The normalized spacial score (nSPS) is 16.3. The van der Waals surface area contributed by atoms with Gasteiger partial charge in [-0.1, -0.05) is 29.8 Å². The number of alkyl halides is 3. The first-order valence-corrected chi connectivity index (χ1v) is 9.49. The van der Waals surface area contributed by atoms with E-state index in [0.29, 0.717) is 13.1 Å². The van der Waals surface area contributed by atoms with Crippen LogP contribution < -0.4 is 0 Å². The van der Waals surface area contributed by atoms with E-state index in [0.717, 1.165) is 18.9 Å². The van der Waals surface area contributed by atoms with E-state index >= 15 is 0 Å². The maximum absolute atomic E-state index is 13.3. The van der Waals surface area contributed by atoms with Crippen molar-refractivity contribution < 1.29 is 21.6 Å². The Morgan fingerprint density at radius 1 is 1.00 bits per heavy atom. The average Bonchev–Trinajstić information content (AvgIpc) is 3.09. The highest BCUT2D eigenvalue weighted by Crippen LogP contribution is 2.41. The van der Waals surface area contributed by atoms with Crippen LogP contribution in [0.2, 0.25) is 5.02 Å². The Balaban J connectivity index is 2.13. The number of halogens is 4. The Labute approximate surface area is 149 Å². The summed E-state index contributed by atoms with van der Waals surface area (Å²) in [6.07, 6.45) is -3.03. The second-order valence-corrected chi connectivity index (χ2v) is 8.14. The smallest absolute Gasteiger partial charge is 0.207 e. The lowest BCUT2D eigenvalue weighted by Crippen LogP contribution is -2.27. The van der Waals surface area contributed by atoms with Gasteiger partial charge in [0.1, 0.15) is 0 Å². The van der Waals surface area contributed by atoms with E-state index in [1.807, 2.05) is 0 Å². The highest BCUT2D eigenvalue weighted by Gasteiger charge is 2.35. The van der Waals surface area contributed by atoms with Crippen molar-refractivity contribution in [3.8, 4) is 11.1 Å². The van der Waals surface area contributed by atoms with Crippen LogP contribution in [0.4, 0.5) is 13.2 Å². The molecule has 1 saturated heterocycles. The number of hydrogen-bond donors (Lipinski definition) is 0. The average molecular weight is 390 g/mol. The Kier molecular flexibility index (Phi) is 4.83. The molecule has 0 amide bonds. The molecule has 0 unspecified atom stereocenters. The fourth-order valence-corrected chi connectivity index (χ4v) is 4.79. The van der Waals surface area contributed by atoms with Crippen LogP contribution >= 0.6 is 11.6 Å². The summed E-state index contributed by atoms with van der Waals surface area (Å²) in [5, 5.41) is -0.0782. The lowest BCUT2D eigenvalue weighted by atomic mass is 9.99. The van der Waals surface area contributed by atoms with E-state index < -0.39 is 21.8 Å². The minimum absolute atomic E-state index is 0.0278. The molecular formula is C17H15ClF3NO2S. The van der Waals surface area contributed by atoms with Crippen LogP contribution in [0.5, 0.6) is 0 Å². The van der Waals surface area contributed by atoms with E-state index in [-0.39, 0.29) is 21.0 Å². The largest absolute Gasteiger partial charge is 0.417 e. The summed E-state index contributed by atoms with van der Waals surface area (Å²) in [4.78, 5) is -0.0278. The van der Waals surface area contributed by atoms with E-state index in [1.165, 1.54) is 40.7 Å². The van der Waals surface area contributed by atoms with Gasteiger partial charge in [0, 0.05) is 23.7 Å². The highest BCUT2D eigenvalue weighted by molar-refractivity contribution is 7.89. The lowest BCUT2D eigenvalue weighted by Gasteiger charge is -2.18. The molecule has 1 aliphatic rings. The monoisotopic (exact) mass is 389 g/mol. The Morgan fingerprint density at radius 2 is 1.64 bits per heavy atom. The second kappa shape index (κ2) is 6.63. The summed E-state index contributed by atoms with van der Waals surface area (Å²) < 4.78 is 66.6. The Morgan fingerprint density at radius 3 is 2.28 bits per heavy atom. The minimum Gasteiger partial charge on any atom is -0.207 e. The van der Waals surface area contributed by atoms with Crippen LogP contribution in [0.25, 0.3) is 11.1 Å². The topological polar surface area (TPSA) is 37.4 Å². The standard InChI is InChI=1S/C17H15ClF3NO2S/c18-15-8-4-7-14(17(19,20)21)16(15)12-5-3-6-13(11-12)25(23,24)22-9-1-2-10-22/h3-8,11H,1-2,9-10H2. The van der Waals surface area contributed by atoms with Crippen molar-refractivity contribution in [2.45, 2.75) is 23.9 Å². The van der Waals surface area contributed by atoms with Gasteiger partial charge in [-0.25, -0.2) is 8.42 Å². The van der Waals surface area contributed by atoms with Gasteiger partial charge in [-0.2, -0.15) is 17.5 Å². The predicted octanol–water partition coefficient (Wildman–Crippen LogP) is 4.81. The molecule has 1 heterocycles. The van der Waals surface area contributed by atoms with Crippen LogP contribution in [0.15, 0.2) is 47.4 Å². The molecule has 0 saturated carbocycles. The molecule has 0 N–H and O–H groups in total. The molecule has 0 aliphatic carbocycles. The quantitative estimate of drug-likeness (QED) is 0.755. The maximum Gasteiger partial charge on any atom is 0.417 e. The second-order valence-electron chi connectivity index (χ2n) is 5.80. The highest BCUT2D eigenvalue weighted by atomic mass is 35.5. The van der Waals surface area contributed by atoms with Gasteiger partial charge >= 0.3 is 6.18 Å². The molecule has 1 fully saturated rings. The van der Waals surface area contributed by atoms with Gasteiger partial charge in [-0.05, 0) is 42.7 Å². The molecule has 0 radical (unpaired) electrons. The molecule has 3 nitrogen and oxygen atoms in total. The summed E-state index contributed by atoms with van der Waals surface area (Å²) in [7, 11) is -3.72. The molecule has 0 bridgehead atoms. The molecule has 3 rings (SSSR count). The number of hydrogen-bond acceptors (Lipinski definition) is 2. The van der Waals surface area contributed by atoms with Crippen LogP contribution in [-0.2, 0) is 16.2 Å². The zero-order chi connectivity index (χ0) is 18.2. The third-order valence-electron chi connectivity index (χ3n) is 4.14. The first kappa shape index (κ1) is 18.2. The van der Waals surface area contributed by atoms with Crippen LogP contribution in [-0.4, -0.2) is 25.8 Å². The molecule has 2 aromatic carbocycles. The molecule has 134 valence electrons. The van der Waals surface area contributed by atoms with Crippen LogP contribution in [0.1, 0.15) is 18.4 Å². The van der Waals surface area contributed by atoms with Gasteiger partial charge in [0.25, 0.3) is 0 Å². The third-order valence-corrected chi connectivity index (χ3v) is 6.35. The first-order valence-electron chi connectivity index (χ1n) is 7.67. The van der Waals surface area contributed by atoms with Gasteiger partial charge in [-0.3, -0.25) is 0 Å². The van der Waals surface area contributed by atoms with Crippen molar-refractivity contribution >= 4 is 21.6 Å². The maximum atomic E-state index is 13.3. The van der Waals surface area contributed by atoms with Crippen LogP contribution in [0.3, 0.4) is 0 Å². The van der Waals surface area contributed by atoms with Gasteiger partial charge < -0.3 is 0 Å². The van der Waals surface area contributed by atoms with Crippen molar-refractivity contribution in [1.29, 1.82) is 0 Å². The fraction of sp³-hybridized carbons (Fsp3) is 0.294. The number of benzene rings is 2. The first-order chi connectivity index (χ1) is 11.7. The predicted molar refractivity (Wildman–Crippen MR) is 89.9 cm³/mol. The molecule has 0 spiro atoms. The molecule has 2 aromatic rings. The molecule has 0 atom stereocenters. The van der Waals surface area contributed by atoms with Crippen molar-refractivity contribution in [3.05, 3.63) is 53.1 Å². The Hall–Kier alpha value is -1.57. The molecule has 25 heavy (non-hydrogen) atoms. The minimum atomic E-state index is -4.59. The van der Waals surface area contributed by atoms with Gasteiger partial charge in [0.05, 0.1) is 10.5 Å². The molecular weight excluding hydrogens is 375 g/mol. The molecule has 0 aromatic heterocycles. The summed E-state index contributed by atoms with van der Waals surface area (Å²) in [6, 6.07) is 9.02. The summed E-state index contributed by atoms with van der Waals surface area (Å²) in [5.74, 6) is 0. The molecule has 8 heteroatoms. The van der Waals surface area contributed by atoms with E-state index in [2.05, 4.69) is 0 Å². The summed E-state index contributed by atoms with van der Waals surface area (Å²) in [5.41, 5.74) is -0.982. The van der Waals surface area contributed by atoms with Gasteiger partial charge in [0.2, 0.25) is 10.0 Å². The number of sulfonamides is 1. The zero-order valence-electron chi connectivity index (χ0n) is 13.1. The molecule has 1 aliphatic heterocycles. The zero-order valence-corrected chi connectivity index (χ0v) is 14.6. The summed E-state index contributed by atoms with van der Waals surface area (Å²) in [6.45, 7) is 0.846. The van der Waals surface area contributed by atoms with Gasteiger partial charge in [-0.15, -0.1) is 0 Å². The lowest BCUT2D eigenvalue weighted by molar-refractivity contribution is -0.137. The van der Waals surface area contributed by atoms with Crippen molar-refractivity contribution in [3.63, 3.8) is 0 Å². The van der Waals surface area contributed by atoms with E-state index in [4.69, 9.17) is 11.6 Å². The van der Waals surface area contributed by atoms with Crippen LogP contribution in [0, 0.1) is 0 Å². The summed E-state index contributed by atoms with van der Waals surface area (Å²) >= 11 is 6.00. The van der Waals surface area contributed by atoms with Crippen molar-refractivity contribution in [2.75, 3.05) is 13.1 Å². The number of rotatable bonds is 3. The van der Waals surface area contributed by atoms with Crippen molar-refractivity contribution in [2.24, 2.45) is 0 Å². The van der Waals surface area contributed by atoms with E-state index in [9.17, 15) is 21.6 Å².